The van der Waals surface area contributed by atoms with Crippen LogP contribution < -0.4 is 0 Å². The van der Waals surface area contributed by atoms with Crippen molar-refractivity contribution in [3.8, 4) is 11.1 Å². The van der Waals surface area contributed by atoms with E-state index in [-0.39, 0.29) is 5.91 Å². The first-order valence-corrected chi connectivity index (χ1v) is 6.36. The van der Waals surface area contributed by atoms with Crippen molar-refractivity contribution in [1.29, 1.82) is 0 Å². The van der Waals surface area contributed by atoms with Crippen molar-refractivity contribution in [2.45, 2.75) is 12.5 Å². The zero-order valence-electron chi connectivity index (χ0n) is 10.5. The van der Waals surface area contributed by atoms with Crippen LogP contribution in [0.25, 0.3) is 11.1 Å². The van der Waals surface area contributed by atoms with E-state index in [4.69, 9.17) is 4.42 Å². The van der Waals surface area contributed by atoms with E-state index in [1.807, 2.05) is 30.3 Å². The molecule has 1 aromatic heterocycles. The summed E-state index contributed by atoms with van der Waals surface area (Å²) in [5.74, 6) is 0.195. The van der Waals surface area contributed by atoms with Gasteiger partial charge < -0.3 is 14.4 Å². The van der Waals surface area contributed by atoms with Gasteiger partial charge in [0.1, 0.15) is 0 Å². The summed E-state index contributed by atoms with van der Waals surface area (Å²) in [5.41, 5.74) is 1.76. The topological polar surface area (TPSA) is 53.7 Å². The van der Waals surface area contributed by atoms with Gasteiger partial charge in [0.15, 0.2) is 5.76 Å². The first kappa shape index (κ1) is 12.0. The number of likely N-dealkylation sites (tertiary alicyclic amines) is 1. The number of amides is 1. The molecule has 0 bridgehead atoms. The number of benzene rings is 1. The average Bonchev–Trinajstić information content (AvgIpc) is 3.07. The maximum absolute atomic E-state index is 12.4. The molecule has 4 heteroatoms. The Balaban J connectivity index is 1.90. The molecule has 1 N–H and O–H groups in total. The Hall–Kier alpha value is -2.07. The van der Waals surface area contributed by atoms with Crippen molar-refractivity contribution in [3.05, 3.63) is 48.4 Å². The molecule has 0 unspecified atom stereocenters. The third-order valence-electron chi connectivity index (χ3n) is 3.39. The van der Waals surface area contributed by atoms with Crippen LogP contribution in [0.1, 0.15) is 17.0 Å². The van der Waals surface area contributed by atoms with Gasteiger partial charge in [-0.3, -0.25) is 4.79 Å². The molecule has 0 aliphatic carbocycles. The summed E-state index contributed by atoms with van der Waals surface area (Å²) in [6, 6.07) is 11.5. The molecule has 1 aromatic carbocycles. The Morgan fingerprint density at radius 3 is 2.74 bits per heavy atom. The maximum Gasteiger partial charge on any atom is 0.290 e. The van der Waals surface area contributed by atoms with E-state index in [1.54, 1.807) is 11.0 Å². The summed E-state index contributed by atoms with van der Waals surface area (Å²) in [5, 5.41) is 9.51. The van der Waals surface area contributed by atoms with Crippen molar-refractivity contribution >= 4 is 5.91 Å². The lowest BCUT2D eigenvalue weighted by atomic mass is 10.1. The second-order valence-corrected chi connectivity index (χ2v) is 4.72. The first-order valence-electron chi connectivity index (χ1n) is 6.36. The summed E-state index contributed by atoms with van der Waals surface area (Å²) in [4.78, 5) is 14.0. The number of carbonyl (C=O) groups is 1. The Bertz CT molecular complexity index is 576. The van der Waals surface area contributed by atoms with E-state index in [1.165, 1.54) is 6.26 Å². The van der Waals surface area contributed by atoms with Gasteiger partial charge in [-0.25, -0.2) is 0 Å². The second kappa shape index (κ2) is 4.90. The number of hydrogen-bond acceptors (Lipinski definition) is 3. The molecule has 2 heterocycles. The van der Waals surface area contributed by atoms with Crippen LogP contribution >= 0.6 is 0 Å². The van der Waals surface area contributed by atoms with Gasteiger partial charge >= 0.3 is 0 Å². The minimum atomic E-state index is -0.418. The molecule has 3 rings (SSSR count). The van der Waals surface area contributed by atoms with Crippen LogP contribution in [0.2, 0.25) is 0 Å². The number of aliphatic hydroxyl groups is 1. The number of hydrogen-bond donors (Lipinski definition) is 1. The fourth-order valence-corrected chi connectivity index (χ4v) is 2.39. The zero-order valence-corrected chi connectivity index (χ0v) is 10.5. The maximum atomic E-state index is 12.4. The van der Waals surface area contributed by atoms with Gasteiger partial charge in [-0.2, -0.15) is 0 Å². The molecule has 98 valence electrons. The average molecular weight is 257 g/mol. The van der Waals surface area contributed by atoms with Gasteiger partial charge in [0.05, 0.1) is 12.4 Å². The van der Waals surface area contributed by atoms with Crippen molar-refractivity contribution in [2.24, 2.45) is 0 Å². The summed E-state index contributed by atoms with van der Waals surface area (Å²) in [6.07, 6.45) is 1.74. The fraction of sp³-hybridized carbons (Fsp3) is 0.267. The van der Waals surface area contributed by atoms with Gasteiger partial charge in [-0.05, 0) is 18.1 Å². The number of aliphatic hydroxyl groups excluding tert-OH is 1. The predicted octanol–water partition coefficient (Wildman–Crippen LogP) is 2.15. The lowest BCUT2D eigenvalue weighted by molar-refractivity contribution is 0.0735. The van der Waals surface area contributed by atoms with Crippen molar-refractivity contribution in [3.63, 3.8) is 0 Å². The second-order valence-electron chi connectivity index (χ2n) is 4.72. The largest absolute Gasteiger partial charge is 0.459 e. The van der Waals surface area contributed by atoms with E-state index < -0.39 is 6.10 Å². The molecule has 1 fully saturated rings. The van der Waals surface area contributed by atoms with E-state index >= 15 is 0 Å². The highest BCUT2D eigenvalue weighted by Gasteiger charge is 2.28. The molecule has 1 amide bonds. The number of furan rings is 1. The number of β-amino-alcohol motifs (C(OH)–C–C–N with tert-alkyl or cyclic N) is 1. The molecule has 4 nitrogen and oxygen atoms in total. The minimum absolute atomic E-state index is 0.152. The van der Waals surface area contributed by atoms with Gasteiger partial charge in [0.2, 0.25) is 0 Å². The van der Waals surface area contributed by atoms with Crippen molar-refractivity contribution in [1.82, 2.24) is 4.90 Å². The van der Waals surface area contributed by atoms with Crippen molar-refractivity contribution in [2.75, 3.05) is 13.1 Å². The third kappa shape index (κ3) is 2.27. The van der Waals surface area contributed by atoms with E-state index in [0.29, 0.717) is 25.3 Å². The number of nitrogens with zero attached hydrogens (tertiary/aromatic N) is 1. The molecule has 0 radical (unpaired) electrons. The first-order chi connectivity index (χ1) is 9.25. The highest BCUT2D eigenvalue weighted by molar-refractivity contribution is 5.98. The van der Waals surface area contributed by atoms with Crippen LogP contribution in [0.4, 0.5) is 0 Å². The monoisotopic (exact) mass is 257 g/mol. The standard InChI is InChI=1S/C15H15NO3/c17-12-6-8-16(10-12)15(18)14-13(7-9-19-14)11-4-2-1-3-5-11/h1-5,7,9,12,17H,6,8,10H2/t12-/m1/s1. The van der Waals surface area contributed by atoms with Crippen LogP contribution in [-0.4, -0.2) is 35.1 Å². The number of rotatable bonds is 2. The Morgan fingerprint density at radius 2 is 2.05 bits per heavy atom. The molecule has 0 spiro atoms. The van der Waals surface area contributed by atoms with Crippen molar-refractivity contribution < 1.29 is 14.3 Å². The van der Waals surface area contributed by atoms with Crippen LogP contribution in [0.3, 0.4) is 0 Å². The molecule has 1 aliphatic rings. The lowest BCUT2D eigenvalue weighted by Gasteiger charge is -2.14. The summed E-state index contributed by atoms with van der Waals surface area (Å²) >= 11 is 0. The third-order valence-corrected chi connectivity index (χ3v) is 3.39. The smallest absolute Gasteiger partial charge is 0.290 e. The van der Waals surface area contributed by atoms with Gasteiger partial charge in [0.25, 0.3) is 5.91 Å². The van der Waals surface area contributed by atoms with E-state index in [2.05, 4.69) is 0 Å². The summed E-state index contributed by atoms with van der Waals surface area (Å²) < 4.78 is 5.36. The molecular formula is C15H15NO3. The molecule has 1 atom stereocenters. The van der Waals surface area contributed by atoms with E-state index in [0.717, 1.165) is 11.1 Å². The predicted molar refractivity (Wildman–Crippen MR) is 70.7 cm³/mol. The molecule has 1 saturated heterocycles. The Morgan fingerprint density at radius 1 is 1.26 bits per heavy atom. The number of carbonyl (C=O) groups excluding carboxylic acids is 1. The van der Waals surface area contributed by atoms with Crippen LogP contribution in [-0.2, 0) is 0 Å². The summed E-state index contributed by atoms with van der Waals surface area (Å²) in [7, 11) is 0. The Labute approximate surface area is 111 Å². The van der Waals surface area contributed by atoms with Crippen LogP contribution in [0.5, 0.6) is 0 Å². The van der Waals surface area contributed by atoms with Gasteiger partial charge in [-0.15, -0.1) is 0 Å². The highest BCUT2D eigenvalue weighted by Crippen LogP contribution is 2.26. The fourth-order valence-electron chi connectivity index (χ4n) is 2.39. The Kier molecular flexibility index (Phi) is 3.09. The quantitative estimate of drug-likeness (QED) is 0.897. The van der Waals surface area contributed by atoms with Crippen LogP contribution in [0.15, 0.2) is 47.1 Å². The molecule has 0 saturated carbocycles. The zero-order chi connectivity index (χ0) is 13.2. The normalized spacial score (nSPS) is 18.8. The molecule has 2 aromatic rings. The van der Waals surface area contributed by atoms with Gasteiger partial charge in [-0.1, -0.05) is 30.3 Å². The molecular weight excluding hydrogens is 242 g/mol. The highest BCUT2D eigenvalue weighted by atomic mass is 16.3. The van der Waals surface area contributed by atoms with Gasteiger partial charge in [0, 0.05) is 18.7 Å². The molecule has 1 aliphatic heterocycles. The molecule has 19 heavy (non-hydrogen) atoms. The minimum Gasteiger partial charge on any atom is -0.459 e. The SMILES string of the molecule is O=C(c1occc1-c1ccccc1)N1CC[C@@H](O)C1. The lowest BCUT2D eigenvalue weighted by Crippen LogP contribution is -2.29. The van der Waals surface area contributed by atoms with E-state index in [9.17, 15) is 9.90 Å². The van der Waals surface area contributed by atoms with Crippen LogP contribution in [0, 0.1) is 0 Å². The summed E-state index contributed by atoms with van der Waals surface area (Å²) in [6.45, 7) is 0.961.